The van der Waals surface area contributed by atoms with Gasteiger partial charge in [0.2, 0.25) is 5.52 Å². The van der Waals surface area contributed by atoms with Crippen LogP contribution in [0.1, 0.15) is 16.7 Å². The number of pyridine rings is 1. The van der Waals surface area contributed by atoms with Crippen LogP contribution >= 0.6 is 0 Å². The number of rotatable bonds is 1. The van der Waals surface area contributed by atoms with Crippen molar-refractivity contribution in [3.05, 3.63) is 65.4 Å². The van der Waals surface area contributed by atoms with Gasteiger partial charge < -0.3 is 0 Å². The number of aromatic nitrogens is 1. The lowest BCUT2D eigenvalue weighted by Gasteiger charge is -2.11. The lowest BCUT2D eigenvalue weighted by molar-refractivity contribution is -0.644. The van der Waals surface area contributed by atoms with Crippen LogP contribution in [0.5, 0.6) is 0 Å². The zero-order chi connectivity index (χ0) is 14.3. The van der Waals surface area contributed by atoms with Gasteiger partial charge in [-0.25, -0.2) is 4.57 Å². The Morgan fingerprint density at radius 1 is 0.850 bits per heavy atom. The monoisotopic (exact) mass is 262 g/mol. The van der Waals surface area contributed by atoms with E-state index in [1.807, 2.05) is 0 Å². The van der Waals surface area contributed by atoms with Crippen LogP contribution in [0.25, 0.3) is 22.0 Å². The van der Waals surface area contributed by atoms with Gasteiger partial charge in [0, 0.05) is 17.0 Å². The molecule has 0 amide bonds. The quantitative estimate of drug-likeness (QED) is 0.577. The highest BCUT2D eigenvalue weighted by molar-refractivity contribution is 5.82. The molecule has 1 heterocycles. The molecule has 0 atom stereocenters. The van der Waals surface area contributed by atoms with Crippen LogP contribution in [0.3, 0.4) is 0 Å². The molecule has 20 heavy (non-hydrogen) atoms. The van der Waals surface area contributed by atoms with E-state index in [1.54, 1.807) is 0 Å². The molecule has 0 saturated heterocycles. The molecule has 1 aromatic heterocycles. The Labute approximate surface area is 120 Å². The van der Waals surface area contributed by atoms with Gasteiger partial charge >= 0.3 is 0 Å². The normalized spacial score (nSPS) is 11.0. The van der Waals surface area contributed by atoms with Gasteiger partial charge in [0.15, 0.2) is 6.20 Å². The summed E-state index contributed by atoms with van der Waals surface area (Å²) in [6.07, 6.45) is 2.23. The van der Waals surface area contributed by atoms with Crippen molar-refractivity contribution >= 4 is 10.9 Å². The Morgan fingerprint density at radius 3 is 2.20 bits per heavy atom. The van der Waals surface area contributed by atoms with Gasteiger partial charge in [-0.1, -0.05) is 29.8 Å². The van der Waals surface area contributed by atoms with Crippen molar-refractivity contribution in [2.45, 2.75) is 20.8 Å². The third kappa shape index (κ3) is 2.09. The molecule has 0 unspecified atom stereocenters. The number of nitrogens with zero attached hydrogens (tertiary/aromatic N) is 1. The topological polar surface area (TPSA) is 3.88 Å². The molecule has 0 aliphatic carbocycles. The molecule has 3 aromatic rings. The lowest BCUT2D eigenvalue weighted by atomic mass is 9.94. The Kier molecular flexibility index (Phi) is 3.06. The van der Waals surface area contributed by atoms with Crippen molar-refractivity contribution in [1.29, 1.82) is 0 Å². The first kappa shape index (κ1) is 12.9. The summed E-state index contributed by atoms with van der Waals surface area (Å²) in [7, 11) is 2.12. The number of benzene rings is 2. The van der Waals surface area contributed by atoms with E-state index in [0.717, 1.165) is 0 Å². The molecule has 0 aliphatic heterocycles. The number of para-hydroxylation sites is 1. The SMILES string of the molecule is Cc1cc(C)c(-c2cc3ccccc3[n+](C)c2)c(C)c1. The standard InChI is InChI=1S/C19H20N/c1-13-9-14(2)19(15(3)10-13)17-11-16-7-5-6-8-18(16)20(4)12-17/h5-12H,1-4H3/q+1. The second kappa shape index (κ2) is 4.75. The van der Waals surface area contributed by atoms with E-state index in [1.165, 1.54) is 38.7 Å². The van der Waals surface area contributed by atoms with Gasteiger partial charge in [0.05, 0.1) is 0 Å². The number of fused-ring (bicyclic) bond motifs is 1. The predicted molar refractivity (Wildman–Crippen MR) is 84.8 cm³/mol. The summed E-state index contributed by atoms with van der Waals surface area (Å²) in [6.45, 7) is 6.55. The van der Waals surface area contributed by atoms with Crippen LogP contribution in [0, 0.1) is 20.8 Å². The molecular formula is C19H20N+. The van der Waals surface area contributed by atoms with E-state index in [2.05, 4.69) is 81.0 Å². The Hall–Kier alpha value is -2.15. The number of hydrogen-bond acceptors (Lipinski definition) is 0. The Morgan fingerprint density at radius 2 is 1.50 bits per heavy atom. The van der Waals surface area contributed by atoms with Crippen LogP contribution in [-0.2, 0) is 7.05 Å². The molecule has 0 aliphatic rings. The van der Waals surface area contributed by atoms with E-state index < -0.39 is 0 Å². The maximum Gasteiger partial charge on any atom is 0.212 e. The van der Waals surface area contributed by atoms with E-state index in [9.17, 15) is 0 Å². The van der Waals surface area contributed by atoms with Gasteiger partial charge in [-0.3, -0.25) is 0 Å². The molecule has 0 bridgehead atoms. The summed E-state index contributed by atoms with van der Waals surface area (Å²) in [5.41, 5.74) is 7.93. The highest BCUT2D eigenvalue weighted by Crippen LogP contribution is 2.29. The summed E-state index contributed by atoms with van der Waals surface area (Å²) < 4.78 is 2.21. The summed E-state index contributed by atoms with van der Waals surface area (Å²) in [5, 5.41) is 1.28. The molecule has 2 aromatic carbocycles. The lowest BCUT2D eigenvalue weighted by Crippen LogP contribution is -2.28. The van der Waals surface area contributed by atoms with Crippen molar-refractivity contribution in [3.8, 4) is 11.1 Å². The summed E-state index contributed by atoms with van der Waals surface area (Å²) in [4.78, 5) is 0. The van der Waals surface area contributed by atoms with E-state index in [4.69, 9.17) is 0 Å². The van der Waals surface area contributed by atoms with Crippen molar-refractivity contribution in [2.75, 3.05) is 0 Å². The molecule has 0 fully saturated rings. The van der Waals surface area contributed by atoms with E-state index in [-0.39, 0.29) is 0 Å². The van der Waals surface area contributed by atoms with Crippen molar-refractivity contribution < 1.29 is 4.57 Å². The van der Waals surface area contributed by atoms with Gasteiger partial charge in [0.25, 0.3) is 0 Å². The Bertz CT molecular complexity index is 777. The maximum absolute atomic E-state index is 2.29. The number of hydrogen-bond donors (Lipinski definition) is 0. The summed E-state index contributed by atoms with van der Waals surface area (Å²) >= 11 is 0. The average Bonchev–Trinajstić information content (AvgIpc) is 2.37. The fourth-order valence-corrected chi connectivity index (χ4v) is 3.19. The highest BCUT2D eigenvalue weighted by atomic mass is 14.9. The minimum Gasteiger partial charge on any atom is -0.200 e. The van der Waals surface area contributed by atoms with Gasteiger partial charge in [-0.2, -0.15) is 0 Å². The average molecular weight is 262 g/mol. The highest BCUT2D eigenvalue weighted by Gasteiger charge is 2.12. The van der Waals surface area contributed by atoms with E-state index in [0.29, 0.717) is 0 Å². The van der Waals surface area contributed by atoms with Gasteiger partial charge in [0.1, 0.15) is 7.05 Å². The van der Waals surface area contributed by atoms with Gasteiger partial charge in [-0.05, 0) is 49.6 Å². The molecule has 1 nitrogen and oxygen atoms in total. The fraction of sp³-hybridized carbons (Fsp3) is 0.211. The van der Waals surface area contributed by atoms with E-state index >= 15 is 0 Å². The zero-order valence-corrected chi connectivity index (χ0v) is 12.6. The zero-order valence-electron chi connectivity index (χ0n) is 12.6. The van der Waals surface area contributed by atoms with Crippen LogP contribution in [-0.4, -0.2) is 0 Å². The molecule has 3 rings (SSSR count). The summed E-state index contributed by atoms with van der Waals surface area (Å²) in [6, 6.07) is 15.3. The van der Waals surface area contributed by atoms with Gasteiger partial charge in [-0.15, -0.1) is 0 Å². The second-order valence-electron chi connectivity index (χ2n) is 5.67. The fourth-order valence-electron chi connectivity index (χ4n) is 3.19. The largest absolute Gasteiger partial charge is 0.212 e. The molecule has 0 N–H and O–H groups in total. The first-order valence-corrected chi connectivity index (χ1v) is 7.03. The van der Waals surface area contributed by atoms with Crippen LogP contribution in [0.15, 0.2) is 48.7 Å². The molecule has 100 valence electrons. The Balaban J connectivity index is 2.30. The number of aryl methyl sites for hydroxylation is 4. The molecule has 0 spiro atoms. The van der Waals surface area contributed by atoms with Crippen LogP contribution < -0.4 is 4.57 Å². The van der Waals surface area contributed by atoms with Crippen LogP contribution in [0.4, 0.5) is 0 Å². The molecule has 0 radical (unpaired) electrons. The minimum absolute atomic E-state index is 1.26. The molecule has 1 heteroatoms. The second-order valence-corrected chi connectivity index (χ2v) is 5.67. The van der Waals surface area contributed by atoms with Crippen molar-refractivity contribution in [1.82, 2.24) is 0 Å². The third-order valence-corrected chi connectivity index (χ3v) is 3.93. The van der Waals surface area contributed by atoms with Crippen LogP contribution in [0.2, 0.25) is 0 Å². The molecule has 0 saturated carbocycles. The molecular weight excluding hydrogens is 242 g/mol. The minimum atomic E-state index is 1.26. The predicted octanol–water partition coefficient (Wildman–Crippen LogP) is 4.26. The first-order valence-electron chi connectivity index (χ1n) is 7.03. The third-order valence-electron chi connectivity index (χ3n) is 3.93. The maximum atomic E-state index is 2.29. The smallest absolute Gasteiger partial charge is 0.200 e. The van der Waals surface area contributed by atoms with Crippen molar-refractivity contribution in [2.24, 2.45) is 7.05 Å². The summed E-state index contributed by atoms with van der Waals surface area (Å²) in [5.74, 6) is 0. The first-order chi connectivity index (χ1) is 9.56. The van der Waals surface area contributed by atoms with Crippen molar-refractivity contribution in [3.63, 3.8) is 0 Å².